The first-order chi connectivity index (χ1) is 12.4. The van der Waals surface area contributed by atoms with Crippen LogP contribution in [0.15, 0.2) is 42.9 Å². The Kier molecular flexibility index (Phi) is 5.54. The van der Waals surface area contributed by atoms with Gasteiger partial charge in [0.15, 0.2) is 0 Å². The Labute approximate surface area is 149 Å². The fourth-order valence-electron chi connectivity index (χ4n) is 3.48. The van der Waals surface area contributed by atoms with Crippen LogP contribution in [0, 0.1) is 5.92 Å². The SMILES string of the molecule is O=C(Nc1ccncn1)C(CC1CCCC1)c1cccc(C(F)(F)F)c1. The van der Waals surface area contributed by atoms with Crippen molar-refractivity contribution >= 4 is 11.7 Å². The van der Waals surface area contributed by atoms with Crippen LogP contribution in [0.25, 0.3) is 0 Å². The molecule has 7 heteroatoms. The number of hydrogen-bond acceptors (Lipinski definition) is 3. The number of halogens is 3. The Morgan fingerprint density at radius 2 is 2.00 bits per heavy atom. The van der Waals surface area contributed by atoms with Crippen LogP contribution in [0.1, 0.15) is 49.1 Å². The second-order valence-corrected chi connectivity index (χ2v) is 6.65. The van der Waals surface area contributed by atoms with Gasteiger partial charge in [0.25, 0.3) is 0 Å². The third kappa shape index (κ3) is 4.59. The van der Waals surface area contributed by atoms with E-state index in [1.165, 1.54) is 18.6 Å². The zero-order valence-corrected chi connectivity index (χ0v) is 14.2. The van der Waals surface area contributed by atoms with Crippen molar-refractivity contribution in [3.8, 4) is 0 Å². The van der Waals surface area contributed by atoms with Crippen LogP contribution in [0.4, 0.5) is 19.0 Å². The summed E-state index contributed by atoms with van der Waals surface area (Å²) >= 11 is 0. The van der Waals surface area contributed by atoms with Crippen LogP contribution in [0.5, 0.6) is 0 Å². The van der Waals surface area contributed by atoms with E-state index in [2.05, 4.69) is 15.3 Å². The van der Waals surface area contributed by atoms with Crippen LogP contribution in [0.3, 0.4) is 0 Å². The number of amides is 1. The quantitative estimate of drug-likeness (QED) is 0.830. The number of rotatable bonds is 5. The first kappa shape index (κ1) is 18.4. The molecule has 1 aromatic carbocycles. The molecule has 1 N–H and O–H groups in total. The number of carbonyl (C=O) groups is 1. The number of hydrogen-bond donors (Lipinski definition) is 1. The normalized spacial score (nSPS) is 16.4. The molecule has 1 heterocycles. The third-order valence-electron chi connectivity index (χ3n) is 4.81. The van der Waals surface area contributed by atoms with E-state index >= 15 is 0 Å². The van der Waals surface area contributed by atoms with Crippen molar-refractivity contribution in [2.75, 3.05) is 5.32 Å². The zero-order valence-electron chi connectivity index (χ0n) is 14.2. The molecule has 3 rings (SSSR count). The van der Waals surface area contributed by atoms with Crippen molar-refractivity contribution in [3.05, 3.63) is 54.0 Å². The van der Waals surface area contributed by atoms with Crippen LogP contribution >= 0.6 is 0 Å². The highest BCUT2D eigenvalue weighted by molar-refractivity contribution is 5.95. The molecule has 0 saturated heterocycles. The van der Waals surface area contributed by atoms with E-state index in [0.29, 0.717) is 23.7 Å². The molecule has 138 valence electrons. The van der Waals surface area contributed by atoms with Gasteiger partial charge in [0.2, 0.25) is 5.91 Å². The van der Waals surface area contributed by atoms with Gasteiger partial charge in [-0.05, 0) is 30.0 Å². The molecular formula is C19H20F3N3O. The van der Waals surface area contributed by atoms with E-state index in [4.69, 9.17) is 0 Å². The first-order valence-corrected chi connectivity index (χ1v) is 8.67. The van der Waals surface area contributed by atoms with Crippen molar-refractivity contribution < 1.29 is 18.0 Å². The molecule has 1 saturated carbocycles. The number of nitrogens with zero attached hydrogens (tertiary/aromatic N) is 2. The maximum atomic E-state index is 13.1. The van der Waals surface area contributed by atoms with Crippen molar-refractivity contribution in [1.29, 1.82) is 0 Å². The summed E-state index contributed by atoms with van der Waals surface area (Å²) in [4.78, 5) is 20.6. The van der Waals surface area contributed by atoms with Crippen molar-refractivity contribution in [2.45, 2.75) is 44.2 Å². The predicted molar refractivity (Wildman–Crippen MR) is 91.4 cm³/mol. The van der Waals surface area contributed by atoms with Crippen LogP contribution in [-0.2, 0) is 11.0 Å². The van der Waals surface area contributed by atoms with Crippen molar-refractivity contribution in [3.63, 3.8) is 0 Å². The minimum absolute atomic E-state index is 0.338. The average Bonchev–Trinajstić information content (AvgIpc) is 3.13. The lowest BCUT2D eigenvalue weighted by Crippen LogP contribution is -2.24. The lowest BCUT2D eigenvalue weighted by molar-refractivity contribution is -0.137. The monoisotopic (exact) mass is 363 g/mol. The molecular weight excluding hydrogens is 343 g/mol. The van der Waals surface area contributed by atoms with Gasteiger partial charge >= 0.3 is 6.18 Å². The van der Waals surface area contributed by atoms with Gasteiger partial charge in [-0.25, -0.2) is 9.97 Å². The lowest BCUT2D eigenvalue weighted by Gasteiger charge is -2.21. The third-order valence-corrected chi connectivity index (χ3v) is 4.81. The van der Waals surface area contributed by atoms with E-state index in [-0.39, 0.29) is 5.91 Å². The van der Waals surface area contributed by atoms with Crippen LogP contribution in [0.2, 0.25) is 0 Å². The Morgan fingerprint density at radius 1 is 1.23 bits per heavy atom. The summed E-state index contributed by atoms with van der Waals surface area (Å²) in [5, 5.41) is 2.70. The summed E-state index contributed by atoms with van der Waals surface area (Å²) in [7, 11) is 0. The summed E-state index contributed by atoms with van der Waals surface area (Å²) in [6.45, 7) is 0. The highest BCUT2D eigenvalue weighted by Crippen LogP contribution is 2.37. The molecule has 0 spiro atoms. The molecule has 2 aromatic rings. The molecule has 1 fully saturated rings. The number of alkyl halides is 3. The molecule has 1 atom stereocenters. The summed E-state index contributed by atoms with van der Waals surface area (Å²) in [5.41, 5.74) is -0.348. The minimum Gasteiger partial charge on any atom is -0.310 e. The minimum atomic E-state index is -4.43. The average molecular weight is 363 g/mol. The van der Waals surface area contributed by atoms with E-state index < -0.39 is 17.7 Å². The van der Waals surface area contributed by atoms with Gasteiger partial charge in [-0.2, -0.15) is 13.2 Å². The summed E-state index contributed by atoms with van der Waals surface area (Å²) in [5.74, 6) is -0.288. The molecule has 26 heavy (non-hydrogen) atoms. The number of anilines is 1. The maximum absolute atomic E-state index is 13.1. The second-order valence-electron chi connectivity index (χ2n) is 6.65. The summed E-state index contributed by atoms with van der Waals surface area (Å²) < 4.78 is 39.2. The molecule has 1 aromatic heterocycles. The standard InChI is InChI=1S/C19H20F3N3O/c20-19(21,22)15-7-3-6-14(11-15)16(10-13-4-1-2-5-13)18(26)25-17-8-9-23-12-24-17/h3,6-9,11-13,16H,1-2,4-5,10H2,(H,23,24,25,26). The van der Waals surface area contributed by atoms with Gasteiger partial charge in [0.05, 0.1) is 11.5 Å². The first-order valence-electron chi connectivity index (χ1n) is 8.67. The van der Waals surface area contributed by atoms with E-state index in [0.717, 1.165) is 37.8 Å². The Morgan fingerprint density at radius 3 is 2.65 bits per heavy atom. The van der Waals surface area contributed by atoms with Gasteiger partial charge in [-0.3, -0.25) is 4.79 Å². The molecule has 1 amide bonds. The number of benzene rings is 1. The highest BCUT2D eigenvalue weighted by atomic mass is 19.4. The van der Waals surface area contributed by atoms with Crippen LogP contribution < -0.4 is 5.32 Å². The summed E-state index contributed by atoms with van der Waals surface area (Å²) in [6, 6.07) is 6.61. The van der Waals surface area contributed by atoms with E-state index in [9.17, 15) is 18.0 Å². The van der Waals surface area contributed by atoms with E-state index in [1.54, 1.807) is 12.1 Å². The topological polar surface area (TPSA) is 54.9 Å². The van der Waals surface area contributed by atoms with Gasteiger partial charge in [-0.15, -0.1) is 0 Å². The Balaban J connectivity index is 1.86. The van der Waals surface area contributed by atoms with E-state index in [1.807, 2.05) is 0 Å². The number of nitrogens with one attached hydrogen (secondary N) is 1. The fourth-order valence-corrected chi connectivity index (χ4v) is 3.48. The molecule has 1 aliphatic rings. The highest BCUT2D eigenvalue weighted by Gasteiger charge is 2.33. The molecule has 1 aliphatic carbocycles. The molecule has 0 radical (unpaired) electrons. The Hall–Kier alpha value is -2.44. The predicted octanol–water partition coefficient (Wildman–Crippen LogP) is 4.80. The second kappa shape index (κ2) is 7.85. The zero-order chi connectivity index (χ0) is 18.6. The van der Waals surface area contributed by atoms with Gasteiger partial charge in [-0.1, -0.05) is 43.9 Å². The number of carbonyl (C=O) groups excluding carboxylic acids is 1. The Bertz CT molecular complexity index is 743. The smallest absolute Gasteiger partial charge is 0.310 e. The van der Waals surface area contributed by atoms with Crippen molar-refractivity contribution in [2.24, 2.45) is 5.92 Å². The maximum Gasteiger partial charge on any atom is 0.416 e. The van der Waals surface area contributed by atoms with Crippen molar-refractivity contribution in [1.82, 2.24) is 9.97 Å². The largest absolute Gasteiger partial charge is 0.416 e. The fraction of sp³-hybridized carbons (Fsp3) is 0.421. The molecule has 1 unspecified atom stereocenters. The molecule has 0 bridgehead atoms. The molecule has 0 aliphatic heterocycles. The van der Waals surface area contributed by atoms with Gasteiger partial charge < -0.3 is 5.32 Å². The summed E-state index contributed by atoms with van der Waals surface area (Å²) in [6.07, 6.45) is 3.15. The lowest BCUT2D eigenvalue weighted by atomic mass is 9.86. The van der Waals surface area contributed by atoms with Gasteiger partial charge in [0.1, 0.15) is 12.1 Å². The van der Waals surface area contributed by atoms with Gasteiger partial charge in [0, 0.05) is 6.20 Å². The number of aromatic nitrogens is 2. The van der Waals surface area contributed by atoms with Crippen LogP contribution in [-0.4, -0.2) is 15.9 Å². The molecule has 4 nitrogen and oxygen atoms in total.